The minimum absolute atomic E-state index is 0.0646. The summed E-state index contributed by atoms with van der Waals surface area (Å²) >= 11 is 0. The molecule has 1 heterocycles. The first-order valence-electron chi connectivity index (χ1n) is 7.46. The number of hydrogen-bond acceptors (Lipinski definition) is 5. The van der Waals surface area contributed by atoms with Crippen LogP contribution in [0.5, 0.6) is 0 Å². The van der Waals surface area contributed by atoms with Crippen LogP contribution in [-0.2, 0) is 0 Å². The molecular weight excluding hydrogens is 310 g/mol. The molecule has 3 rings (SSSR count). The summed E-state index contributed by atoms with van der Waals surface area (Å²) in [6, 6.07) is 14.8. The van der Waals surface area contributed by atoms with E-state index in [0.717, 1.165) is 15.4 Å². The topological polar surface area (TPSA) is 92.7 Å². The largest absolute Gasteiger partial charge is 0.622 e. The van der Waals surface area contributed by atoms with Gasteiger partial charge in [-0.15, -0.1) is 5.06 Å². The van der Waals surface area contributed by atoms with Crippen molar-refractivity contribution in [2.45, 2.75) is 25.6 Å². The van der Waals surface area contributed by atoms with Crippen LogP contribution in [0.3, 0.4) is 0 Å². The Hall–Kier alpha value is -2.77. The van der Waals surface area contributed by atoms with E-state index in [-0.39, 0.29) is 5.69 Å². The van der Waals surface area contributed by atoms with Crippen molar-refractivity contribution in [3.63, 3.8) is 0 Å². The Kier molecular flexibility index (Phi) is 3.82. The van der Waals surface area contributed by atoms with Gasteiger partial charge in [0.05, 0.1) is 4.92 Å². The average Bonchev–Trinajstić information content (AvgIpc) is 2.73. The molecule has 0 aliphatic carbocycles. The maximum Gasteiger partial charge on any atom is 0.269 e. The lowest BCUT2D eigenvalue weighted by Gasteiger charge is -2.25. The van der Waals surface area contributed by atoms with Crippen LogP contribution in [0, 0.1) is 15.3 Å². The zero-order chi connectivity index (χ0) is 17.5. The molecule has 2 aromatic carbocycles. The molecule has 0 fully saturated rings. The highest BCUT2D eigenvalue weighted by Crippen LogP contribution is 2.37. The smallest absolute Gasteiger partial charge is 0.269 e. The van der Waals surface area contributed by atoms with E-state index < -0.39 is 16.6 Å². The number of hydrogen-bond donors (Lipinski definition) is 1. The van der Waals surface area contributed by atoms with Gasteiger partial charge in [-0.2, -0.15) is 4.74 Å². The molecule has 0 amide bonds. The lowest BCUT2D eigenvalue weighted by atomic mass is 9.93. The quantitative estimate of drug-likeness (QED) is 0.405. The molecule has 0 saturated heterocycles. The SMILES string of the molecule is CC1(C)C(c2ccccc2)=[N+]([O-])[C@@H](c2ccc([N+](=O)[O-])cc2)N1O. The third-order valence-electron chi connectivity index (χ3n) is 4.28. The first-order valence-corrected chi connectivity index (χ1v) is 7.46. The van der Waals surface area contributed by atoms with E-state index in [0.29, 0.717) is 11.3 Å². The van der Waals surface area contributed by atoms with Crippen LogP contribution in [0.2, 0.25) is 0 Å². The number of nitro groups is 1. The van der Waals surface area contributed by atoms with Crippen molar-refractivity contribution < 1.29 is 14.9 Å². The van der Waals surface area contributed by atoms with Gasteiger partial charge >= 0.3 is 0 Å². The number of nitrogens with zero attached hydrogens (tertiary/aromatic N) is 3. The van der Waals surface area contributed by atoms with E-state index in [1.807, 2.05) is 30.3 Å². The van der Waals surface area contributed by atoms with Crippen molar-refractivity contribution in [1.29, 1.82) is 0 Å². The standard InChI is InChI=1S/C17H17N3O4/c1-17(2)15(12-6-4-3-5-7-12)18(21)16(19(17)22)13-8-10-14(11-9-13)20(23)24/h3-11,16,22H,1-2H3/t16-/m1/s1. The summed E-state index contributed by atoms with van der Waals surface area (Å²) in [6.07, 6.45) is -0.962. The van der Waals surface area contributed by atoms with E-state index in [1.165, 1.54) is 24.3 Å². The summed E-state index contributed by atoms with van der Waals surface area (Å²) in [6.45, 7) is 3.51. The van der Waals surface area contributed by atoms with E-state index in [1.54, 1.807) is 13.8 Å². The van der Waals surface area contributed by atoms with Gasteiger partial charge in [0.2, 0.25) is 5.71 Å². The van der Waals surface area contributed by atoms with Gasteiger partial charge < -0.3 is 10.4 Å². The Labute approximate surface area is 138 Å². The van der Waals surface area contributed by atoms with Crippen LogP contribution in [0.4, 0.5) is 5.69 Å². The zero-order valence-electron chi connectivity index (χ0n) is 13.3. The molecule has 0 aromatic heterocycles. The molecule has 2 aromatic rings. The monoisotopic (exact) mass is 327 g/mol. The van der Waals surface area contributed by atoms with Crippen LogP contribution >= 0.6 is 0 Å². The van der Waals surface area contributed by atoms with Gasteiger partial charge in [0.1, 0.15) is 5.54 Å². The van der Waals surface area contributed by atoms with E-state index in [2.05, 4.69) is 0 Å². The van der Waals surface area contributed by atoms with Gasteiger partial charge in [0.15, 0.2) is 0 Å². The van der Waals surface area contributed by atoms with Crippen molar-refractivity contribution >= 4 is 11.4 Å². The Morgan fingerprint density at radius 3 is 2.25 bits per heavy atom. The molecule has 1 atom stereocenters. The third-order valence-corrected chi connectivity index (χ3v) is 4.28. The summed E-state index contributed by atoms with van der Waals surface area (Å²) < 4.78 is 0.760. The number of rotatable bonds is 3. The van der Waals surface area contributed by atoms with E-state index in [9.17, 15) is 20.5 Å². The Balaban J connectivity index is 2.08. The number of non-ortho nitro benzene ring substituents is 1. The number of benzene rings is 2. The maximum absolute atomic E-state index is 12.9. The molecule has 1 aliphatic rings. The van der Waals surface area contributed by atoms with Gasteiger partial charge in [-0.1, -0.05) is 18.2 Å². The van der Waals surface area contributed by atoms with Gasteiger partial charge in [-0.05, 0) is 38.1 Å². The lowest BCUT2D eigenvalue weighted by Crippen LogP contribution is -2.44. The highest BCUT2D eigenvalue weighted by Gasteiger charge is 2.52. The molecule has 1 aliphatic heterocycles. The Morgan fingerprint density at radius 2 is 1.71 bits per heavy atom. The minimum Gasteiger partial charge on any atom is -0.622 e. The minimum atomic E-state index is -0.962. The molecule has 1 N–H and O–H groups in total. The van der Waals surface area contributed by atoms with Crippen molar-refractivity contribution in [3.05, 3.63) is 81.0 Å². The molecule has 0 bridgehead atoms. The molecule has 0 radical (unpaired) electrons. The number of hydroxylamine groups is 3. The van der Waals surface area contributed by atoms with Crippen LogP contribution in [0.1, 0.15) is 31.1 Å². The predicted molar refractivity (Wildman–Crippen MR) is 87.7 cm³/mol. The van der Waals surface area contributed by atoms with E-state index in [4.69, 9.17) is 0 Å². The van der Waals surface area contributed by atoms with Crippen LogP contribution in [0.15, 0.2) is 54.6 Å². The molecule has 0 spiro atoms. The summed E-state index contributed by atoms with van der Waals surface area (Å²) in [7, 11) is 0. The summed E-state index contributed by atoms with van der Waals surface area (Å²) in [5.74, 6) is 0. The van der Waals surface area contributed by atoms with Crippen molar-refractivity contribution in [1.82, 2.24) is 5.06 Å². The molecule has 7 heteroatoms. The van der Waals surface area contributed by atoms with Crippen LogP contribution < -0.4 is 0 Å². The molecular formula is C17H17N3O4. The fraction of sp³-hybridized carbons (Fsp3) is 0.235. The summed E-state index contributed by atoms with van der Waals surface area (Å²) in [5.41, 5.74) is 0.674. The Morgan fingerprint density at radius 1 is 1.12 bits per heavy atom. The fourth-order valence-corrected chi connectivity index (χ4v) is 3.03. The third kappa shape index (κ3) is 2.44. The van der Waals surface area contributed by atoms with E-state index >= 15 is 0 Å². The predicted octanol–water partition coefficient (Wildman–Crippen LogP) is 3.08. The Bertz CT molecular complexity index is 800. The van der Waals surface area contributed by atoms with Crippen molar-refractivity contribution in [3.8, 4) is 0 Å². The lowest BCUT2D eigenvalue weighted by molar-refractivity contribution is -0.544. The highest BCUT2D eigenvalue weighted by molar-refractivity contribution is 6.04. The second kappa shape index (κ2) is 5.70. The second-order valence-corrected chi connectivity index (χ2v) is 6.17. The van der Waals surface area contributed by atoms with Crippen LogP contribution in [0.25, 0.3) is 0 Å². The average molecular weight is 327 g/mol. The van der Waals surface area contributed by atoms with Crippen LogP contribution in [-0.4, -0.2) is 31.2 Å². The number of nitro benzene ring substituents is 1. The maximum atomic E-state index is 12.9. The normalized spacial score (nSPS) is 20.4. The second-order valence-electron chi connectivity index (χ2n) is 6.17. The molecule has 0 unspecified atom stereocenters. The molecule has 24 heavy (non-hydrogen) atoms. The summed E-state index contributed by atoms with van der Waals surface area (Å²) in [5, 5.41) is 35.2. The summed E-state index contributed by atoms with van der Waals surface area (Å²) in [4.78, 5) is 10.3. The van der Waals surface area contributed by atoms with Gasteiger partial charge in [0, 0.05) is 23.3 Å². The van der Waals surface area contributed by atoms with Crippen molar-refractivity contribution in [2.24, 2.45) is 0 Å². The van der Waals surface area contributed by atoms with Crippen molar-refractivity contribution in [2.75, 3.05) is 0 Å². The first-order chi connectivity index (χ1) is 11.3. The zero-order valence-corrected chi connectivity index (χ0v) is 13.3. The fourth-order valence-electron chi connectivity index (χ4n) is 3.03. The molecule has 7 nitrogen and oxygen atoms in total. The van der Waals surface area contributed by atoms with Gasteiger partial charge in [-0.25, -0.2) is 0 Å². The van der Waals surface area contributed by atoms with Gasteiger partial charge in [-0.3, -0.25) is 10.1 Å². The molecule has 124 valence electrons. The van der Waals surface area contributed by atoms with Gasteiger partial charge in [0.25, 0.3) is 11.9 Å². The molecule has 0 saturated carbocycles. The first kappa shape index (κ1) is 16.1. The highest BCUT2D eigenvalue weighted by atomic mass is 16.6.